The number of nitrogens with one attached hydrogen (secondary N) is 1. The number of piperidine rings is 1. The molecule has 0 aromatic heterocycles. The van der Waals surface area contributed by atoms with Crippen LogP contribution in [0.3, 0.4) is 0 Å². The van der Waals surface area contributed by atoms with Gasteiger partial charge in [-0.2, -0.15) is 0 Å². The highest BCUT2D eigenvalue weighted by Gasteiger charge is 2.29. The van der Waals surface area contributed by atoms with Crippen LogP contribution < -0.4 is 16.0 Å². The zero-order valence-electron chi connectivity index (χ0n) is 12.6. The minimum absolute atomic E-state index is 0.0256. The molecular weight excluding hydrogens is 262 g/mol. The van der Waals surface area contributed by atoms with Crippen molar-refractivity contribution in [3.8, 4) is 0 Å². The lowest BCUT2D eigenvalue weighted by Gasteiger charge is -2.28. The first-order valence-corrected chi connectivity index (χ1v) is 8.13. The van der Waals surface area contributed by atoms with E-state index in [0.29, 0.717) is 12.3 Å². The third kappa shape index (κ3) is 3.97. The largest absolute Gasteiger partial charge is 0.372 e. The lowest BCUT2D eigenvalue weighted by molar-refractivity contribution is -0.116. The number of hydrogen-bond acceptors (Lipinski definition) is 3. The summed E-state index contributed by atoms with van der Waals surface area (Å²) < 4.78 is 0. The van der Waals surface area contributed by atoms with E-state index in [1.54, 1.807) is 0 Å². The van der Waals surface area contributed by atoms with Crippen LogP contribution in [-0.2, 0) is 4.79 Å². The van der Waals surface area contributed by atoms with Gasteiger partial charge in [-0.1, -0.05) is 0 Å². The monoisotopic (exact) mass is 287 g/mol. The van der Waals surface area contributed by atoms with E-state index >= 15 is 0 Å². The quantitative estimate of drug-likeness (QED) is 0.875. The van der Waals surface area contributed by atoms with Gasteiger partial charge in [0.15, 0.2) is 0 Å². The fourth-order valence-corrected chi connectivity index (χ4v) is 3.02. The summed E-state index contributed by atoms with van der Waals surface area (Å²) in [6, 6.07) is 8.20. The predicted octanol–water partition coefficient (Wildman–Crippen LogP) is 2.74. The molecule has 2 aliphatic rings. The molecule has 1 saturated carbocycles. The van der Waals surface area contributed by atoms with Crippen molar-refractivity contribution >= 4 is 17.3 Å². The van der Waals surface area contributed by atoms with Crippen LogP contribution in [0.15, 0.2) is 24.3 Å². The van der Waals surface area contributed by atoms with Crippen LogP contribution in [0.25, 0.3) is 0 Å². The molecule has 1 unspecified atom stereocenters. The Hall–Kier alpha value is -1.55. The number of amides is 1. The second-order valence-electron chi connectivity index (χ2n) is 6.35. The Morgan fingerprint density at radius 2 is 1.86 bits per heavy atom. The van der Waals surface area contributed by atoms with Gasteiger partial charge in [-0.15, -0.1) is 0 Å². The number of nitrogens with two attached hydrogens (primary N) is 1. The molecular formula is C17H25N3O. The van der Waals surface area contributed by atoms with E-state index in [4.69, 9.17) is 5.73 Å². The number of carbonyl (C=O) groups is 1. The normalized spacial score (nSPS) is 20.1. The highest BCUT2D eigenvalue weighted by molar-refractivity contribution is 5.91. The molecule has 3 rings (SSSR count). The lowest BCUT2D eigenvalue weighted by atomic mass is 10.1. The maximum atomic E-state index is 11.9. The second-order valence-corrected chi connectivity index (χ2v) is 6.35. The summed E-state index contributed by atoms with van der Waals surface area (Å²) in [5.41, 5.74) is 8.10. The molecule has 1 aromatic rings. The summed E-state index contributed by atoms with van der Waals surface area (Å²) in [6.45, 7) is 2.28. The molecule has 1 aliphatic carbocycles. The summed E-state index contributed by atoms with van der Waals surface area (Å²) in [5.74, 6) is 0.595. The summed E-state index contributed by atoms with van der Waals surface area (Å²) in [4.78, 5) is 14.4. The van der Waals surface area contributed by atoms with Crippen LogP contribution in [0.2, 0.25) is 0 Å². The molecule has 1 aromatic carbocycles. The van der Waals surface area contributed by atoms with E-state index in [0.717, 1.165) is 18.8 Å². The predicted molar refractivity (Wildman–Crippen MR) is 86.5 cm³/mol. The summed E-state index contributed by atoms with van der Waals surface area (Å²) in [6.07, 6.45) is 6.68. The van der Waals surface area contributed by atoms with Crippen molar-refractivity contribution in [3.05, 3.63) is 24.3 Å². The molecule has 1 heterocycles. The van der Waals surface area contributed by atoms with Gasteiger partial charge in [0.05, 0.1) is 0 Å². The van der Waals surface area contributed by atoms with E-state index in [-0.39, 0.29) is 11.9 Å². The molecule has 1 saturated heterocycles. The van der Waals surface area contributed by atoms with Gasteiger partial charge >= 0.3 is 0 Å². The average molecular weight is 287 g/mol. The molecule has 0 bridgehead atoms. The third-order valence-electron chi connectivity index (χ3n) is 4.52. The van der Waals surface area contributed by atoms with Crippen molar-refractivity contribution in [1.29, 1.82) is 0 Å². The smallest absolute Gasteiger partial charge is 0.225 e. The van der Waals surface area contributed by atoms with Crippen LogP contribution in [0.1, 0.15) is 38.5 Å². The highest BCUT2D eigenvalue weighted by atomic mass is 16.1. The molecule has 1 amide bonds. The Morgan fingerprint density at radius 3 is 2.48 bits per heavy atom. The van der Waals surface area contributed by atoms with Gasteiger partial charge in [-0.25, -0.2) is 0 Å². The van der Waals surface area contributed by atoms with E-state index in [2.05, 4.69) is 22.3 Å². The first kappa shape index (κ1) is 14.4. The molecule has 114 valence electrons. The molecule has 4 heteroatoms. The van der Waals surface area contributed by atoms with Crippen molar-refractivity contribution in [3.63, 3.8) is 0 Å². The van der Waals surface area contributed by atoms with Crippen LogP contribution in [0.4, 0.5) is 11.4 Å². The molecule has 2 fully saturated rings. The number of hydrogen-bond donors (Lipinski definition) is 2. The average Bonchev–Trinajstić information content (AvgIpc) is 3.33. The molecule has 1 atom stereocenters. The summed E-state index contributed by atoms with van der Waals surface area (Å²) in [5, 5.41) is 2.95. The van der Waals surface area contributed by atoms with Gasteiger partial charge < -0.3 is 16.0 Å². The number of benzene rings is 1. The first-order valence-electron chi connectivity index (χ1n) is 8.13. The fraction of sp³-hybridized carbons (Fsp3) is 0.588. The maximum Gasteiger partial charge on any atom is 0.225 e. The van der Waals surface area contributed by atoms with E-state index < -0.39 is 0 Å². The Kier molecular flexibility index (Phi) is 4.44. The van der Waals surface area contributed by atoms with Crippen molar-refractivity contribution in [2.75, 3.05) is 23.3 Å². The first-order chi connectivity index (χ1) is 10.2. The summed E-state index contributed by atoms with van der Waals surface area (Å²) >= 11 is 0. The number of nitrogens with zero attached hydrogens (tertiary/aromatic N) is 1. The molecule has 3 N–H and O–H groups in total. The second kappa shape index (κ2) is 6.48. The number of carbonyl (C=O) groups excluding carboxylic acids is 1. The highest BCUT2D eigenvalue weighted by Crippen LogP contribution is 2.32. The topological polar surface area (TPSA) is 58.4 Å². The molecule has 1 aliphatic heterocycles. The SMILES string of the molecule is NC(CC(=O)Nc1ccc(N2CCCCC2)cc1)C1CC1. The van der Waals surface area contributed by atoms with Crippen LogP contribution >= 0.6 is 0 Å². The van der Waals surface area contributed by atoms with Gasteiger partial charge in [-0.3, -0.25) is 4.79 Å². The number of anilines is 2. The molecule has 0 spiro atoms. The Morgan fingerprint density at radius 1 is 1.19 bits per heavy atom. The van der Waals surface area contributed by atoms with Crippen molar-refractivity contribution in [2.24, 2.45) is 11.7 Å². The fourth-order valence-electron chi connectivity index (χ4n) is 3.02. The molecule has 0 radical (unpaired) electrons. The van der Waals surface area contributed by atoms with Crippen molar-refractivity contribution in [2.45, 2.75) is 44.6 Å². The van der Waals surface area contributed by atoms with E-state index in [1.165, 1.54) is 37.8 Å². The minimum Gasteiger partial charge on any atom is -0.372 e. The van der Waals surface area contributed by atoms with Gasteiger partial charge in [-0.05, 0) is 62.3 Å². The van der Waals surface area contributed by atoms with Crippen molar-refractivity contribution in [1.82, 2.24) is 0 Å². The molecule has 21 heavy (non-hydrogen) atoms. The zero-order valence-corrected chi connectivity index (χ0v) is 12.6. The van der Waals surface area contributed by atoms with Crippen LogP contribution in [-0.4, -0.2) is 25.0 Å². The Labute approximate surface area is 126 Å². The zero-order chi connectivity index (χ0) is 14.7. The standard InChI is InChI=1S/C17H25N3O/c18-16(13-4-5-13)12-17(21)19-14-6-8-15(9-7-14)20-10-2-1-3-11-20/h6-9,13,16H,1-5,10-12,18H2,(H,19,21). The van der Waals surface area contributed by atoms with Gasteiger partial charge in [0.25, 0.3) is 0 Å². The maximum absolute atomic E-state index is 11.9. The van der Waals surface area contributed by atoms with Crippen molar-refractivity contribution < 1.29 is 4.79 Å². The van der Waals surface area contributed by atoms with E-state index in [1.807, 2.05) is 12.1 Å². The van der Waals surface area contributed by atoms with E-state index in [9.17, 15) is 4.79 Å². The summed E-state index contributed by atoms with van der Waals surface area (Å²) in [7, 11) is 0. The third-order valence-corrected chi connectivity index (χ3v) is 4.52. The Balaban J connectivity index is 1.52. The van der Waals surface area contributed by atoms with Crippen LogP contribution in [0.5, 0.6) is 0 Å². The van der Waals surface area contributed by atoms with Crippen LogP contribution in [0, 0.1) is 5.92 Å². The van der Waals surface area contributed by atoms with Gasteiger partial charge in [0.2, 0.25) is 5.91 Å². The van der Waals surface area contributed by atoms with Gasteiger partial charge in [0.1, 0.15) is 0 Å². The minimum atomic E-state index is 0.0256. The Bertz CT molecular complexity index is 475. The van der Waals surface area contributed by atoms with Gasteiger partial charge in [0, 0.05) is 36.9 Å². The number of rotatable bonds is 5. The lowest BCUT2D eigenvalue weighted by Crippen LogP contribution is -2.29. The molecule has 4 nitrogen and oxygen atoms in total.